The zero-order valence-corrected chi connectivity index (χ0v) is 14.1. The molecule has 25 heavy (non-hydrogen) atoms. The lowest BCUT2D eigenvalue weighted by atomic mass is 10.0. The smallest absolute Gasteiger partial charge is 0.326 e. The van der Waals surface area contributed by atoms with Gasteiger partial charge in [0.15, 0.2) is 0 Å². The molecule has 1 aromatic rings. The Kier molecular flexibility index (Phi) is 4.35. The molecule has 132 valence electrons. The molecule has 3 aliphatic heterocycles. The summed E-state index contributed by atoms with van der Waals surface area (Å²) in [6, 6.07) is 1.90. The normalized spacial score (nSPS) is 24.0. The van der Waals surface area contributed by atoms with Gasteiger partial charge in [0.25, 0.3) is 5.91 Å². The Morgan fingerprint density at radius 1 is 1.08 bits per heavy atom. The van der Waals surface area contributed by atoms with Crippen LogP contribution in [0.5, 0.6) is 0 Å². The van der Waals surface area contributed by atoms with Crippen LogP contribution >= 0.6 is 0 Å². The SMILES string of the molecule is O=C1NC(=O)/C(=C/c2ccnc(N3CCC(N4CCCC4)CC3)n2)N1. The number of urea groups is 1. The summed E-state index contributed by atoms with van der Waals surface area (Å²) in [6.07, 6.45) is 8.17. The molecule has 3 aliphatic rings. The maximum atomic E-state index is 11.6. The molecule has 0 aliphatic carbocycles. The number of nitrogens with zero attached hydrogens (tertiary/aromatic N) is 4. The van der Waals surface area contributed by atoms with Crippen molar-refractivity contribution in [2.75, 3.05) is 31.1 Å². The van der Waals surface area contributed by atoms with Crippen molar-refractivity contribution in [3.05, 3.63) is 23.7 Å². The molecule has 0 saturated carbocycles. The topological polar surface area (TPSA) is 90.5 Å². The van der Waals surface area contributed by atoms with E-state index in [2.05, 4.69) is 30.4 Å². The van der Waals surface area contributed by atoms with Crippen molar-refractivity contribution in [1.82, 2.24) is 25.5 Å². The molecule has 4 heterocycles. The predicted octanol–water partition coefficient (Wildman–Crippen LogP) is 0.721. The quantitative estimate of drug-likeness (QED) is 0.621. The van der Waals surface area contributed by atoms with E-state index in [1.807, 2.05) is 0 Å². The third-order valence-corrected chi connectivity index (χ3v) is 5.08. The molecular formula is C17H22N6O2. The van der Waals surface area contributed by atoms with Gasteiger partial charge in [0.1, 0.15) is 5.70 Å². The number of carbonyl (C=O) groups is 2. The zero-order chi connectivity index (χ0) is 17.2. The fourth-order valence-electron chi connectivity index (χ4n) is 3.76. The largest absolute Gasteiger partial charge is 0.341 e. The van der Waals surface area contributed by atoms with Crippen LogP contribution in [0.4, 0.5) is 10.7 Å². The van der Waals surface area contributed by atoms with Crippen molar-refractivity contribution in [2.24, 2.45) is 0 Å². The number of carbonyl (C=O) groups excluding carboxylic acids is 2. The molecule has 3 fully saturated rings. The Morgan fingerprint density at radius 2 is 1.84 bits per heavy atom. The summed E-state index contributed by atoms with van der Waals surface area (Å²) in [5, 5.41) is 4.65. The molecule has 4 rings (SSSR count). The Balaban J connectivity index is 1.43. The van der Waals surface area contributed by atoms with Gasteiger partial charge in [0.05, 0.1) is 5.69 Å². The molecule has 0 unspecified atom stereocenters. The van der Waals surface area contributed by atoms with Gasteiger partial charge in [-0.1, -0.05) is 0 Å². The third kappa shape index (κ3) is 3.48. The molecule has 1 aromatic heterocycles. The van der Waals surface area contributed by atoms with Crippen molar-refractivity contribution in [1.29, 1.82) is 0 Å². The molecule has 8 nitrogen and oxygen atoms in total. The first-order chi connectivity index (χ1) is 12.2. The van der Waals surface area contributed by atoms with E-state index in [0.29, 0.717) is 17.7 Å². The van der Waals surface area contributed by atoms with Crippen molar-refractivity contribution in [3.63, 3.8) is 0 Å². The summed E-state index contributed by atoms with van der Waals surface area (Å²) >= 11 is 0. The van der Waals surface area contributed by atoms with E-state index in [-0.39, 0.29) is 5.70 Å². The number of likely N-dealkylation sites (tertiary alicyclic amines) is 1. The molecule has 0 radical (unpaired) electrons. The summed E-state index contributed by atoms with van der Waals surface area (Å²) in [6.45, 7) is 4.35. The van der Waals surface area contributed by atoms with Crippen LogP contribution < -0.4 is 15.5 Å². The van der Waals surface area contributed by atoms with Crippen molar-refractivity contribution >= 4 is 24.0 Å². The van der Waals surface area contributed by atoms with Gasteiger partial charge in [-0.05, 0) is 50.9 Å². The highest BCUT2D eigenvalue weighted by atomic mass is 16.2. The molecule has 3 amide bonds. The van der Waals surface area contributed by atoms with Gasteiger partial charge < -0.3 is 15.1 Å². The van der Waals surface area contributed by atoms with Crippen LogP contribution in [0.3, 0.4) is 0 Å². The fraction of sp³-hybridized carbons (Fsp3) is 0.529. The Labute approximate surface area is 146 Å². The van der Waals surface area contributed by atoms with Gasteiger partial charge in [-0.3, -0.25) is 10.1 Å². The molecular weight excluding hydrogens is 320 g/mol. The summed E-state index contributed by atoms with van der Waals surface area (Å²) < 4.78 is 0. The van der Waals surface area contributed by atoms with E-state index in [9.17, 15) is 9.59 Å². The number of hydrogen-bond donors (Lipinski definition) is 2. The molecule has 0 aromatic carbocycles. The first kappa shape index (κ1) is 16.0. The number of amides is 3. The Hall–Kier alpha value is -2.48. The van der Waals surface area contributed by atoms with Crippen LogP contribution in [0, 0.1) is 0 Å². The highest BCUT2D eigenvalue weighted by Gasteiger charge is 2.27. The number of piperidine rings is 1. The van der Waals surface area contributed by atoms with Gasteiger partial charge in [0.2, 0.25) is 5.95 Å². The van der Waals surface area contributed by atoms with Crippen molar-refractivity contribution in [2.45, 2.75) is 31.7 Å². The zero-order valence-electron chi connectivity index (χ0n) is 14.1. The highest BCUT2D eigenvalue weighted by Crippen LogP contribution is 2.23. The molecule has 0 bridgehead atoms. The number of anilines is 1. The second kappa shape index (κ2) is 6.79. The lowest BCUT2D eigenvalue weighted by Crippen LogP contribution is -2.44. The van der Waals surface area contributed by atoms with E-state index in [4.69, 9.17) is 0 Å². The van der Waals surface area contributed by atoms with E-state index >= 15 is 0 Å². The lowest BCUT2D eigenvalue weighted by Gasteiger charge is -2.36. The van der Waals surface area contributed by atoms with E-state index in [1.54, 1.807) is 18.3 Å². The number of hydrogen-bond acceptors (Lipinski definition) is 6. The van der Waals surface area contributed by atoms with E-state index < -0.39 is 11.9 Å². The second-order valence-electron chi connectivity index (χ2n) is 6.71. The average Bonchev–Trinajstić information content (AvgIpc) is 3.26. The van der Waals surface area contributed by atoms with Crippen LogP contribution in [0.15, 0.2) is 18.0 Å². The molecule has 3 saturated heterocycles. The Morgan fingerprint density at radius 3 is 2.52 bits per heavy atom. The molecule has 0 atom stereocenters. The van der Waals surface area contributed by atoms with Crippen LogP contribution in [-0.4, -0.2) is 59.0 Å². The number of nitrogens with one attached hydrogen (secondary N) is 2. The standard InChI is InChI=1S/C17H22N6O2/c24-15-14(20-17(25)21-15)11-12-3-6-18-16(19-12)23-9-4-13(5-10-23)22-7-1-2-8-22/h3,6,11,13H,1-2,4-5,7-10H2,(H2,20,21,24,25)/b14-11-. The van der Waals surface area contributed by atoms with Gasteiger partial charge in [-0.15, -0.1) is 0 Å². The summed E-state index contributed by atoms with van der Waals surface area (Å²) in [5.41, 5.74) is 0.821. The first-order valence-electron chi connectivity index (χ1n) is 8.85. The average molecular weight is 342 g/mol. The van der Waals surface area contributed by atoms with Gasteiger partial charge >= 0.3 is 6.03 Å². The van der Waals surface area contributed by atoms with Crippen LogP contribution in [0.25, 0.3) is 6.08 Å². The molecule has 8 heteroatoms. The maximum absolute atomic E-state index is 11.6. The minimum absolute atomic E-state index is 0.211. The minimum Gasteiger partial charge on any atom is -0.341 e. The maximum Gasteiger partial charge on any atom is 0.326 e. The molecule has 0 spiro atoms. The number of imide groups is 1. The highest BCUT2D eigenvalue weighted by molar-refractivity contribution is 6.13. The summed E-state index contributed by atoms with van der Waals surface area (Å²) in [5.74, 6) is 0.246. The monoisotopic (exact) mass is 342 g/mol. The van der Waals surface area contributed by atoms with Gasteiger partial charge in [0, 0.05) is 25.3 Å². The Bertz CT molecular complexity index is 705. The van der Waals surface area contributed by atoms with Crippen molar-refractivity contribution < 1.29 is 9.59 Å². The summed E-state index contributed by atoms with van der Waals surface area (Å²) in [7, 11) is 0. The number of rotatable bonds is 3. The third-order valence-electron chi connectivity index (χ3n) is 5.08. The fourth-order valence-corrected chi connectivity index (χ4v) is 3.76. The van der Waals surface area contributed by atoms with E-state index in [1.165, 1.54) is 25.9 Å². The minimum atomic E-state index is -0.505. The molecule has 2 N–H and O–H groups in total. The lowest BCUT2D eigenvalue weighted by molar-refractivity contribution is -0.115. The first-order valence-corrected chi connectivity index (χ1v) is 8.85. The number of aromatic nitrogens is 2. The van der Waals surface area contributed by atoms with E-state index in [0.717, 1.165) is 25.9 Å². The second-order valence-corrected chi connectivity index (χ2v) is 6.71. The van der Waals surface area contributed by atoms with Gasteiger partial charge in [-0.2, -0.15) is 0 Å². The van der Waals surface area contributed by atoms with Crippen molar-refractivity contribution in [3.8, 4) is 0 Å². The van der Waals surface area contributed by atoms with Crippen LogP contribution in [0.2, 0.25) is 0 Å². The van der Waals surface area contributed by atoms with Crippen LogP contribution in [-0.2, 0) is 4.79 Å². The van der Waals surface area contributed by atoms with Gasteiger partial charge in [-0.25, -0.2) is 14.8 Å². The van der Waals surface area contributed by atoms with Crippen LogP contribution in [0.1, 0.15) is 31.4 Å². The summed E-state index contributed by atoms with van der Waals surface area (Å²) in [4.78, 5) is 36.5. The predicted molar refractivity (Wildman–Crippen MR) is 92.7 cm³/mol.